The van der Waals surface area contributed by atoms with Crippen LogP contribution in [0, 0.1) is 5.92 Å². The van der Waals surface area contributed by atoms with Crippen molar-refractivity contribution in [2.75, 3.05) is 13.1 Å². The van der Waals surface area contributed by atoms with Gasteiger partial charge in [0.05, 0.1) is 35.1 Å². The molecule has 1 aromatic carbocycles. The Hall–Kier alpha value is -2.94. The number of carbonyl (C=O) groups is 2. The third-order valence-electron chi connectivity index (χ3n) is 5.67. The molecule has 9 nitrogen and oxygen atoms in total. The number of carbonyl (C=O) groups excluding carboxylic acids is 2. The van der Waals surface area contributed by atoms with Crippen molar-refractivity contribution in [3.63, 3.8) is 0 Å². The van der Waals surface area contributed by atoms with E-state index in [4.69, 9.17) is 9.97 Å². The minimum Gasteiger partial charge on any atom is -0.332 e. The van der Waals surface area contributed by atoms with E-state index in [1.807, 2.05) is 23.2 Å². The number of nitrogens with zero attached hydrogens (tertiary/aromatic N) is 4. The molecule has 1 saturated heterocycles. The fourth-order valence-corrected chi connectivity index (χ4v) is 4.16. The van der Waals surface area contributed by atoms with Gasteiger partial charge in [0.15, 0.2) is 5.82 Å². The van der Waals surface area contributed by atoms with Crippen molar-refractivity contribution in [3.05, 3.63) is 24.2 Å². The fraction of sp³-hybridized carbons (Fsp3) is 0.500. The summed E-state index contributed by atoms with van der Waals surface area (Å²) in [5.41, 5.74) is 2.57. The second-order valence-corrected chi connectivity index (χ2v) is 7.68. The minimum atomic E-state index is -0.427. The number of aromatic amines is 2. The van der Waals surface area contributed by atoms with Gasteiger partial charge < -0.3 is 15.1 Å². The van der Waals surface area contributed by atoms with Gasteiger partial charge in [-0.2, -0.15) is 0 Å². The van der Waals surface area contributed by atoms with Gasteiger partial charge >= 0.3 is 0 Å². The Balaban J connectivity index is 1.59. The zero-order valence-corrected chi connectivity index (χ0v) is 16.5. The lowest BCUT2D eigenvalue weighted by Gasteiger charge is -2.28. The van der Waals surface area contributed by atoms with Crippen LogP contribution in [0.1, 0.15) is 50.9 Å². The second-order valence-electron chi connectivity index (χ2n) is 7.68. The molecule has 9 heteroatoms. The lowest BCUT2D eigenvalue weighted by atomic mass is 9.99. The summed E-state index contributed by atoms with van der Waals surface area (Å²) in [5, 5.41) is 17.2. The van der Waals surface area contributed by atoms with Gasteiger partial charge in [0.1, 0.15) is 0 Å². The number of hydrogen-bond donors (Lipinski definition) is 3. The number of unbranched alkanes of at least 4 members (excludes halogenated alkanes) is 1. The number of amides is 2. The van der Waals surface area contributed by atoms with Gasteiger partial charge in [-0.3, -0.25) is 14.8 Å². The summed E-state index contributed by atoms with van der Waals surface area (Å²) in [5.74, 6) is 0.189. The van der Waals surface area contributed by atoms with Crippen molar-refractivity contribution >= 4 is 34.3 Å². The number of likely N-dealkylation sites (tertiary alicyclic amines) is 1. The molecular weight excluding hydrogens is 372 g/mol. The van der Waals surface area contributed by atoms with Crippen LogP contribution in [0.3, 0.4) is 0 Å². The van der Waals surface area contributed by atoms with Gasteiger partial charge in [-0.05, 0) is 31.4 Å². The van der Waals surface area contributed by atoms with Crippen molar-refractivity contribution in [3.8, 4) is 0 Å². The van der Waals surface area contributed by atoms with Crippen LogP contribution in [0.15, 0.2) is 18.3 Å². The SMILES string of the molecule is CCCC[C@H](CN(O)C=O)C(=O)N1CCC[C@H]1c1nc2cc3c[nH][nH]c3cc2n1. The average molecular weight is 398 g/mol. The van der Waals surface area contributed by atoms with Crippen LogP contribution < -0.4 is 0 Å². The molecule has 0 bridgehead atoms. The van der Waals surface area contributed by atoms with Gasteiger partial charge in [-0.15, -0.1) is 0 Å². The molecule has 3 N–H and O–H groups in total. The normalized spacial score (nSPS) is 17.9. The Labute approximate surface area is 168 Å². The molecule has 154 valence electrons. The first-order valence-electron chi connectivity index (χ1n) is 10.1. The number of fused-ring (bicyclic) bond motifs is 2. The predicted molar refractivity (Wildman–Crippen MR) is 107 cm³/mol. The predicted octanol–water partition coefficient (Wildman–Crippen LogP) is 2.76. The Morgan fingerprint density at radius 3 is 2.97 bits per heavy atom. The van der Waals surface area contributed by atoms with Gasteiger partial charge in [-0.1, -0.05) is 19.8 Å². The summed E-state index contributed by atoms with van der Waals surface area (Å²) >= 11 is 0. The highest BCUT2D eigenvalue weighted by Crippen LogP contribution is 2.34. The van der Waals surface area contributed by atoms with Crippen molar-refractivity contribution in [1.82, 2.24) is 30.1 Å². The molecular formula is C20H26N6O3. The molecule has 3 heterocycles. The number of rotatable bonds is 8. The lowest BCUT2D eigenvalue weighted by Crippen LogP contribution is -2.40. The number of nitrogens with one attached hydrogen (secondary N) is 2. The van der Waals surface area contributed by atoms with Crippen molar-refractivity contribution in [2.24, 2.45) is 5.92 Å². The molecule has 0 radical (unpaired) electrons. The van der Waals surface area contributed by atoms with Crippen molar-refractivity contribution in [1.29, 1.82) is 0 Å². The molecule has 2 atom stereocenters. The first-order valence-corrected chi connectivity index (χ1v) is 10.1. The topological polar surface area (TPSA) is 118 Å². The second kappa shape index (κ2) is 8.20. The van der Waals surface area contributed by atoms with Crippen LogP contribution in [0.4, 0.5) is 0 Å². The number of benzene rings is 1. The maximum Gasteiger partial charge on any atom is 0.233 e. The quantitative estimate of drug-likeness (QED) is 0.306. The summed E-state index contributed by atoms with van der Waals surface area (Å²) in [6.45, 7) is 2.70. The average Bonchev–Trinajstić information content (AvgIpc) is 3.46. The van der Waals surface area contributed by atoms with Crippen LogP contribution in [-0.2, 0) is 9.59 Å². The number of H-pyrrole nitrogens is 2. The third-order valence-corrected chi connectivity index (χ3v) is 5.67. The monoisotopic (exact) mass is 398 g/mol. The van der Waals surface area contributed by atoms with E-state index in [1.165, 1.54) is 0 Å². The van der Waals surface area contributed by atoms with E-state index in [0.29, 0.717) is 30.3 Å². The smallest absolute Gasteiger partial charge is 0.233 e. The highest BCUT2D eigenvalue weighted by molar-refractivity contribution is 5.92. The summed E-state index contributed by atoms with van der Waals surface area (Å²) < 4.78 is 0. The summed E-state index contributed by atoms with van der Waals surface area (Å²) in [6, 6.07) is 3.76. The van der Waals surface area contributed by atoms with Crippen LogP contribution >= 0.6 is 0 Å². The summed E-state index contributed by atoms with van der Waals surface area (Å²) in [7, 11) is 0. The van der Waals surface area contributed by atoms with Crippen LogP contribution in [0.2, 0.25) is 0 Å². The van der Waals surface area contributed by atoms with E-state index in [-0.39, 0.29) is 18.5 Å². The number of hydrogen-bond acceptors (Lipinski definition) is 5. The molecule has 0 saturated carbocycles. The maximum absolute atomic E-state index is 13.3. The molecule has 1 aliphatic rings. The zero-order valence-electron chi connectivity index (χ0n) is 16.5. The molecule has 0 aliphatic carbocycles. The first kappa shape index (κ1) is 19.4. The number of aromatic nitrogens is 4. The molecule has 2 aromatic heterocycles. The molecule has 3 aromatic rings. The Morgan fingerprint density at radius 2 is 2.21 bits per heavy atom. The maximum atomic E-state index is 13.3. The Bertz CT molecular complexity index is 964. The fourth-order valence-electron chi connectivity index (χ4n) is 4.16. The van der Waals surface area contributed by atoms with Gasteiger partial charge in [0.2, 0.25) is 12.3 Å². The molecule has 0 spiro atoms. The largest absolute Gasteiger partial charge is 0.332 e. The van der Waals surface area contributed by atoms with Gasteiger partial charge in [0.25, 0.3) is 0 Å². The Kier molecular flexibility index (Phi) is 5.48. The van der Waals surface area contributed by atoms with Crippen molar-refractivity contribution < 1.29 is 14.8 Å². The molecule has 1 fully saturated rings. The molecule has 1 aliphatic heterocycles. The van der Waals surface area contributed by atoms with E-state index in [9.17, 15) is 14.8 Å². The highest BCUT2D eigenvalue weighted by Gasteiger charge is 2.36. The van der Waals surface area contributed by atoms with Crippen molar-refractivity contribution in [2.45, 2.75) is 45.1 Å². The van der Waals surface area contributed by atoms with E-state index in [2.05, 4.69) is 17.1 Å². The number of hydroxylamine groups is 2. The van der Waals surface area contributed by atoms with E-state index in [0.717, 1.165) is 47.6 Å². The first-order chi connectivity index (χ1) is 14.1. The van der Waals surface area contributed by atoms with Gasteiger partial charge in [0, 0.05) is 18.1 Å². The van der Waals surface area contributed by atoms with E-state index in [1.54, 1.807) is 0 Å². The zero-order chi connectivity index (χ0) is 20.4. The summed E-state index contributed by atoms with van der Waals surface area (Å²) in [6.07, 6.45) is 6.36. The Morgan fingerprint density at radius 1 is 1.41 bits per heavy atom. The highest BCUT2D eigenvalue weighted by atomic mass is 16.5. The van der Waals surface area contributed by atoms with Crippen LogP contribution in [-0.4, -0.2) is 60.7 Å². The standard InChI is InChI=1S/C20H26N6O3/c1-2-3-5-13(11-25(29)12-27)20(28)26-7-4-6-18(26)19-22-16-8-14-10-21-24-15(14)9-17(16)23-19/h8-10,12-13,18,21,24,29H,2-7,11H2,1H3/t13-,18+/m1/s1. The molecule has 0 unspecified atom stereocenters. The van der Waals surface area contributed by atoms with Gasteiger partial charge in [-0.25, -0.2) is 15.0 Å². The summed E-state index contributed by atoms with van der Waals surface area (Å²) in [4.78, 5) is 35.3. The molecule has 2 amide bonds. The third kappa shape index (κ3) is 3.82. The van der Waals surface area contributed by atoms with Crippen LogP contribution in [0.5, 0.6) is 0 Å². The molecule has 29 heavy (non-hydrogen) atoms. The van der Waals surface area contributed by atoms with E-state index >= 15 is 0 Å². The lowest BCUT2D eigenvalue weighted by molar-refractivity contribution is -0.157. The molecule has 4 rings (SSSR count). The van der Waals surface area contributed by atoms with Crippen LogP contribution in [0.25, 0.3) is 21.9 Å². The minimum absolute atomic E-state index is 0.0105. The number of imidazole rings is 1. The van der Waals surface area contributed by atoms with E-state index < -0.39 is 5.92 Å².